The van der Waals surface area contributed by atoms with Crippen LogP contribution in [-0.4, -0.2) is 5.21 Å². The molecule has 1 unspecified atom stereocenters. The van der Waals surface area contributed by atoms with Crippen molar-refractivity contribution in [3.05, 3.63) is 35.4 Å². The Morgan fingerprint density at radius 1 is 1.58 bits per heavy atom. The largest absolute Gasteiger partial charge is 0.316 e. The topological polar surface area (TPSA) is 32.3 Å². The Morgan fingerprint density at radius 3 is 2.92 bits per heavy atom. The van der Waals surface area contributed by atoms with Crippen LogP contribution in [0.2, 0.25) is 0 Å². The Kier molecular flexibility index (Phi) is 3.19. The summed E-state index contributed by atoms with van der Waals surface area (Å²) >= 11 is 0. The van der Waals surface area contributed by atoms with Crippen LogP contribution in [-0.2, 0) is 6.54 Å². The van der Waals surface area contributed by atoms with E-state index in [0.717, 1.165) is 5.56 Å². The van der Waals surface area contributed by atoms with Gasteiger partial charge in [0, 0.05) is 6.54 Å². The van der Waals surface area contributed by atoms with Gasteiger partial charge in [0.1, 0.15) is 6.17 Å². The first kappa shape index (κ1) is 9.16. The van der Waals surface area contributed by atoms with Gasteiger partial charge in [-0.2, -0.15) is 0 Å². The van der Waals surface area contributed by atoms with Crippen LogP contribution in [0.1, 0.15) is 24.2 Å². The van der Waals surface area contributed by atoms with Crippen molar-refractivity contribution in [2.24, 2.45) is 0 Å². The maximum absolute atomic E-state index is 12.8. The van der Waals surface area contributed by atoms with E-state index in [1.807, 2.05) is 11.5 Å². The minimum absolute atomic E-state index is 0.348. The molecule has 0 heterocycles. The van der Waals surface area contributed by atoms with E-state index in [1.165, 1.54) is 6.92 Å². The first-order valence-corrected chi connectivity index (χ1v) is 3.84. The van der Waals surface area contributed by atoms with E-state index in [2.05, 4.69) is 0 Å². The molecule has 1 aromatic rings. The van der Waals surface area contributed by atoms with Crippen molar-refractivity contribution in [3.8, 4) is 0 Å². The van der Waals surface area contributed by atoms with Crippen molar-refractivity contribution >= 4 is 0 Å². The lowest BCUT2D eigenvalue weighted by atomic mass is 10.1. The summed E-state index contributed by atoms with van der Waals surface area (Å²) in [5.41, 5.74) is 3.54. The average Bonchev–Trinajstić information content (AvgIpc) is 2.05. The summed E-state index contributed by atoms with van der Waals surface area (Å²) in [4.78, 5) is 0. The molecule has 0 spiro atoms. The van der Waals surface area contributed by atoms with Gasteiger partial charge in [-0.3, -0.25) is 0 Å². The number of halogens is 1. The van der Waals surface area contributed by atoms with Crippen LogP contribution < -0.4 is 5.48 Å². The minimum atomic E-state index is -0.955. The van der Waals surface area contributed by atoms with Gasteiger partial charge in [0.2, 0.25) is 0 Å². The average molecular weight is 169 g/mol. The number of benzene rings is 1. The molecule has 0 aliphatic heterocycles. The number of rotatable bonds is 3. The molecular formula is C9H12FNO. The van der Waals surface area contributed by atoms with Crippen molar-refractivity contribution < 1.29 is 9.60 Å². The quantitative estimate of drug-likeness (QED) is 0.680. The molecule has 0 radical (unpaired) electrons. The molecule has 0 aromatic heterocycles. The summed E-state index contributed by atoms with van der Waals surface area (Å²) in [6, 6.07) is 7.06. The Bertz CT molecular complexity index is 250. The van der Waals surface area contributed by atoms with Crippen LogP contribution in [0, 0.1) is 0 Å². The number of nitrogens with one attached hydrogen (secondary N) is 1. The van der Waals surface area contributed by atoms with Gasteiger partial charge in [0.05, 0.1) is 0 Å². The van der Waals surface area contributed by atoms with E-state index in [9.17, 15) is 4.39 Å². The summed E-state index contributed by atoms with van der Waals surface area (Å²) in [6.07, 6.45) is -0.955. The Morgan fingerprint density at radius 2 is 2.33 bits per heavy atom. The number of hydrogen-bond acceptors (Lipinski definition) is 2. The Hall–Kier alpha value is -0.930. The highest BCUT2D eigenvalue weighted by Crippen LogP contribution is 2.17. The van der Waals surface area contributed by atoms with Crippen molar-refractivity contribution in [3.63, 3.8) is 0 Å². The highest BCUT2D eigenvalue weighted by Gasteiger charge is 2.02. The lowest BCUT2D eigenvalue weighted by molar-refractivity contribution is 0.161. The fourth-order valence-electron chi connectivity index (χ4n) is 1.04. The number of hydroxylamine groups is 1. The zero-order valence-electron chi connectivity index (χ0n) is 6.92. The molecule has 0 saturated carbocycles. The second-order valence-corrected chi connectivity index (χ2v) is 2.70. The van der Waals surface area contributed by atoms with Crippen molar-refractivity contribution in [2.45, 2.75) is 19.6 Å². The SMILES string of the molecule is CC(F)c1cccc(CNO)c1. The third kappa shape index (κ3) is 2.29. The fraction of sp³-hybridized carbons (Fsp3) is 0.333. The Balaban J connectivity index is 2.81. The minimum Gasteiger partial charge on any atom is -0.316 e. The van der Waals surface area contributed by atoms with E-state index in [4.69, 9.17) is 5.21 Å². The Labute approximate surface area is 71.0 Å². The normalized spacial score (nSPS) is 12.9. The summed E-state index contributed by atoms with van der Waals surface area (Å²) in [5, 5.41) is 8.41. The highest BCUT2D eigenvalue weighted by molar-refractivity contribution is 5.24. The van der Waals surface area contributed by atoms with Crippen molar-refractivity contribution in [1.82, 2.24) is 5.48 Å². The zero-order chi connectivity index (χ0) is 8.97. The molecule has 0 aliphatic carbocycles. The predicted octanol–water partition coefficient (Wildman–Crippen LogP) is 2.20. The van der Waals surface area contributed by atoms with Gasteiger partial charge in [-0.15, -0.1) is 0 Å². The van der Waals surface area contributed by atoms with Crippen LogP contribution in [0.3, 0.4) is 0 Å². The molecule has 0 fully saturated rings. The summed E-state index contributed by atoms with van der Waals surface area (Å²) in [5.74, 6) is 0. The molecule has 3 heteroatoms. The molecule has 12 heavy (non-hydrogen) atoms. The van der Waals surface area contributed by atoms with Gasteiger partial charge in [-0.25, -0.2) is 9.87 Å². The van der Waals surface area contributed by atoms with Gasteiger partial charge < -0.3 is 5.21 Å². The third-order valence-electron chi connectivity index (χ3n) is 1.69. The maximum atomic E-state index is 12.8. The van der Waals surface area contributed by atoms with Gasteiger partial charge in [-0.05, 0) is 18.1 Å². The molecule has 0 aliphatic rings. The van der Waals surface area contributed by atoms with Crippen LogP contribution in [0.25, 0.3) is 0 Å². The maximum Gasteiger partial charge on any atom is 0.122 e. The molecule has 1 aromatic carbocycles. The fourth-order valence-corrected chi connectivity index (χ4v) is 1.04. The van der Waals surface area contributed by atoms with Gasteiger partial charge in [0.25, 0.3) is 0 Å². The van der Waals surface area contributed by atoms with E-state index in [0.29, 0.717) is 12.1 Å². The van der Waals surface area contributed by atoms with Crippen LogP contribution in [0.15, 0.2) is 24.3 Å². The molecule has 66 valence electrons. The molecule has 0 saturated heterocycles. The molecule has 2 nitrogen and oxygen atoms in total. The predicted molar refractivity (Wildman–Crippen MR) is 44.6 cm³/mol. The molecule has 2 N–H and O–H groups in total. The molecule has 0 bridgehead atoms. The monoisotopic (exact) mass is 169 g/mol. The molecular weight excluding hydrogens is 157 g/mol. The second kappa shape index (κ2) is 4.18. The third-order valence-corrected chi connectivity index (χ3v) is 1.69. The number of alkyl halides is 1. The standard InChI is InChI=1S/C9H12FNO/c1-7(10)9-4-2-3-8(5-9)6-11-12/h2-5,7,11-12H,6H2,1H3. The molecule has 1 atom stereocenters. The van der Waals surface area contributed by atoms with E-state index in [-0.39, 0.29) is 0 Å². The molecule has 0 amide bonds. The van der Waals surface area contributed by atoms with E-state index < -0.39 is 6.17 Å². The second-order valence-electron chi connectivity index (χ2n) is 2.70. The van der Waals surface area contributed by atoms with Crippen molar-refractivity contribution in [1.29, 1.82) is 0 Å². The zero-order valence-corrected chi connectivity index (χ0v) is 6.92. The van der Waals surface area contributed by atoms with Gasteiger partial charge >= 0.3 is 0 Å². The van der Waals surface area contributed by atoms with Crippen LogP contribution >= 0.6 is 0 Å². The van der Waals surface area contributed by atoms with Crippen LogP contribution in [0.5, 0.6) is 0 Å². The first-order chi connectivity index (χ1) is 5.74. The van der Waals surface area contributed by atoms with E-state index >= 15 is 0 Å². The first-order valence-electron chi connectivity index (χ1n) is 3.84. The lowest BCUT2D eigenvalue weighted by Crippen LogP contribution is -2.06. The smallest absolute Gasteiger partial charge is 0.122 e. The van der Waals surface area contributed by atoms with Crippen molar-refractivity contribution in [2.75, 3.05) is 0 Å². The van der Waals surface area contributed by atoms with Gasteiger partial charge in [0.15, 0.2) is 0 Å². The number of hydrogen-bond donors (Lipinski definition) is 2. The summed E-state index contributed by atoms with van der Waals surface area (Å²) < 4.78 is 12.8. The van der Waals surface area contributed by atoms with Crippen LogP contribution in [0.4, 0.5) is 4.39 Å². The molecule has 1 rings (SSSR count). The van der Waals surface area contributed by atoms with E-state index in [1.54, 1.807) is 18.2 Å². The van der Waals surface area contributed by atoms with Gasteiger partial charge in [-0.1, -0.05) is 24.3 Å². The summed E-state index contributed by atoms with van der Waals surface area (Å²) in [6.45, 7) is 1.84. The summed E-state index contributed by atoms with van der Waals surface area (Å²) in [7, 11) is 0. The highest BCUT2D eigenvalue weighted by atomic mass is 19.1. The lowest BCUT2D eigenvalue weighted by Gasteiger charge is -2.04.